The molecule has 0 unspecified atom stereocenters. The summed E-state index contributed by atoms with van der Waals surface area (Å²) in [6.07, 6.45) is 6.62. The minimum absolute atomic E-state index is 0.312. The molecule has 0 saturated heterocycles. The summed E-state index contributed by atoms with van der Waals surface area (Å²) in [6, 6.07) is 13.9. The van der Waals surface area contributed by atoms with Crippen LogP contribution in [-0.2, 0) is 25.5 Å². The van der Waals surface area contributed by atoms with E-state index in [-0.39, 0.29) is 5.97 Å². The summed E-state index contributed by atoms with van der Waals surface area (Å²) in [7, 11) is 0. The molecule has 7 nitrogen and oxygen atoms in total. The maximum absolute atomic E-state index is 12.3. The van der Waals surface area contributed by atoms with E-state index in [9.17, 15) is 14.4 Å². The summed E-state index contributed by atoms with van der Waals surface area (Å²) in [5.41, 5.74) is 1.41. The fourth-order valence-electron chi connectivity index (χ4n) is 2.96. The van der Waals surface area contributed by atoms with Gasteiger partial charge in [0.1, 0.15) is 11.5 Å². The zero-order valence-electron chi connectivity index (χ0n) is 18.7. The van der Waals surface area contributed by atoms with Gasteiger partial charge in [0.05, 0.1) is 25.4 Å². The third-order valence-corrected chi connectivity index (χ3v) is 4.77. The lowest BCUT2D eigenvalue weighted by Crippen LogP contribution is -2.08. The van der Waals surface area contributed by atoms with Gasteiger partial charge >= 0.3 is 11.9 Å². The summed E-state index contributed by atoms with van der Waals surface area (Å²) in [5, 5.41) is 0. The second-order valence-corrected chi connectivity index (χ2v) is 7.26. The van der Waals surface area contributed by atoms with E-state index < -0.39 is 5.97 Å². The van der Waals surface area contributed by atoms with Crippen LogP contribution < -0.4 is 9.47 Å². The molecular formula is C26H30O7. The number of benzene rings is 2. The van der Waals surface area contributed by atoms with Gasteiger partial charge in [-0.05, 0) is 54.8 Å². The minimum atomic E-state index is -0.447. The summed E-state index contributed by atoms with van der Waals surface area (Å²) in [5.74, 6) is 0.317. The quantitative estimate of drug-likeness (QED) is 0.120. The minimum Gasteiger partial charge on any atom is -0.494 e. The van der Waals surface area contributed by atoms with Crippen molar-refractivity contribution in [3.8, 4) is 11.5 Å². The molecule has 33 heavy (non-hydrogen) atoms. The van der Waals surface area contributed by atoms with Gasteiger partial charge in [0, 0.05) is 12.5 Å². The number of carbonyl (C=O) groups is 3. The van der Waals surface area contributed by atoms with Crippen LogP contribution >= 0.6 is 0 Å². The maximum Gasteiger partial charge on any atom is 0.343 e. The van der Waals surface area contributed by atoms with Gasteiger partial charge in [-0.2, -0.15) is 0 Å². The molecule has 0 amide bonds. The largest absolute Gasteiger partial charge is 0.494 e. The van der Waals surface area contributed by atoms with Crippen molar-refractivity contribution in [2.45, 2.75) is 38.5 Å². The van der Waals surface area contributed by atoms with Gasteiger partial charge in [-0.15, -0.1) is 0 Å². The Morgan fingerprint density at radius 2 is 1.42 bits per heavy atom. The van der Waals surface area contributed by atoms with Crippen LogP contribution in [0.5, 0.6) is 11.5 Å². The number of ether oxygens (including phenoxy) is 4. The van der Waals surface area contributed by atoms with Crippen molar-refractivity contribution in [1.82, 2.24) is 0 Å². The third kappa shape index (κ3) is 10.5. The molecule has 2 aromatic rings. The van der Waals surface area contributed by atoms with E-state index >= 15 is 0 Å². The fraction of sp³-hybridized carbons (Fsp3) is 0.346. The number of esters is 2. The van der Waals surface area contributed by atoms with Crippen LogP contribution in [0.15, 0.2) is 61.2 Å². The molecule has 0 aromatic heterocycles. The van der Waals surface area contributed by atoms with Gasteiger partial charge in [0.15, 0.2) is 0 Å². The molecule has 0 aliphatic heterocycles. The lowest BCUT2D eigenvalue weighted by atomic mass is 10.1. The molecule has 0 fully saturated rings. The van der Waals surface area contributed by atoms with E-state index in [1.165, 1.54) is 6.08 Å². The van der Waals surface area contributed by atoms with Crippen molar-refractivity contribution in [3.63, 3.8) is 0 Å². The Hall–Kier alpha value is -3.61. The molecule has 2 rings (SSSR count). The SMILES string of the molecule is C=CC(=O)OCCCCCCCOc1ccc(C(=O)Oc2ccc(CCOC=O)cc2)cc1. The highest BCUT2D eigenvalue weighted by atomic mass is 16.5. The average Bonchev–Trinajstić information content (AvgIpc) is 2.84. The second kappa shape index (κ2) is 15.2. The number of hydrogen-bond acceptors (Lipinski definition) is 7. The van der Waals surface area contributed by atoms with Crippen LogP contribution in [0.1, 0.15) is 48.0 Å². The molecule has 0 spiro atoms. The first kappa shape index (κ1) is 25.6. The molecule has 0 aliphatic carbocycles. The van der Waals surface area contributed by atoms with Gasteiger partial charge < -0.3 is 18.9 Å². The first-order valence-corrected chi connectivity index (χ1v) is 11.0. The molecule has 0 bridgehead atoms. The summed E-state index contributed by atoms with van der Waals surface area (Å²) in [4.78, 5) is 33.4. The van der Waals surface area contributed by atoms with Crippen LogP contribution in [0, 0.1) is 0 Å². The number of unbranched alkanes of at least 4 members (excludes halogenated alkanes) is 4. The average molecular weight is 455 g/mol. The maximum atomic E-state index is 12.3. The van der Waals surface area contributed by atoms with Crippen molar-refractivity contribution in [1.29, 1.82) is 0 Å². The molecule has 0 N–H and O–H groups in total. The highest BCUT2D eigenvalue weighted by Crippen LogP contribution is 2.17. The monoisotopic (exact) mass is 454 g/mol. The van der Waals surface area contributed by atoms with Crippen LogP contribution in [0.25, 0.3) is 0 Å². The van der Waals surface area contributed by atoms with Crippen LogP contribution in [0.2, 0.25) is 0 Å². The first-order chi connectivity index (χ1) is 16.1. The van der Waals surface area contributed by atoms with Gasteiger partial charge in [-0.3, -0.25) is 4.79 Å². The second-order valence-electron chi connectivity index (χ2n) is 7.26. The molecule has 7 heteroatoms. The predicted molar refractivity (Wildman–Crippen MR) is 123 cm³/mol. The van der Waals surface area contributed by atoms with Crippen molar-refractivity contribution < 1.29 is 33.3 Å². The Bertz CT molecular complexity index is 873. The standard InChI is InChI=1S/C26H30O7/c1-2-25(28)32-18-7-5-3-4-6-17-31-23-14-10-22(11-15-23)26(29)33-24-12-8-21(9-13-24)16-19-30-20-27/h2,8-15,20H,1,3-7,16-19H2. The van der Waals surface area contributed by atoms with E-state index in [2.05, 4.69) is 11.3 Å². The molecule has 2 aromatic carbocycles. The molecular weight excluding hydrogens is 424 g/mol. The normalized spacial score (nSPS) is 10.2. The highest BCUT2D eigenvalue weighted by Gasteiger charge is 2.09. The summed E-state index contributed by atoms with van der Waals surface area (Å²) < 4.78 is 20.7. The van der Waals surface area contributed by atoms with E-state index in [0.29, 0.717) is 49.8 Å². The summed E-state index contributed by atoms with van der Waals surface area (Å²) >= 11 is 0. The van der Waals surface area contributed by atoms with Crippen LogP contribution in [0.3, 0.4) is 0 Å². The van der Waals surface area contributed by atoms with E-state index in [1.807, 2.05) is 12.1 Å². The zero-order valence-corrected chi connectivity index (χ0v) is 18.7. The van der Waals surface area contributed by atoms with Crippen LogP contribution in [-0.4, -0.2) is 38.2 Å². The third-order valence-electron chi connectivity index (χ3n) is 4.77. The summed E-state index contributed by atoms with van der Waals surface area (Å²) in [6.45, 7) is 5.11. The van der Waals surface area contributed by atoms with Gasteiger partial charge in [-0.25, -0.2) is 9.59 Å². The smallest absolute Gasteiger partial charge is 0.343 e. The first-order valence-electron chi connectivity index (χ1n) is 11.0. The zero-order chi connectivity index (χ0) is 23.7. The van der Waals surface area contributed by atoms with Crippen molar-refractivity contribution in [2.24, 2.45) is 0 Å². The van der Waals surface area contributed by atoms with Crippen molar-refractivity contribution in [2.75, 3.05) is 19.8 Å². The Balaban J connectivity index is 1.62. The van der Waals surface area contributed by atoms with E-state index in [0.717, 1.165) is 37.7 Å². The predicted octanol–water partition coefficient (Wildman–Crippen LogP) is 4.68. The lowest BCUT2D eigenvalue weighted by Gasteiger charge is -2.08. The van der Waals surface area contributed by atoms with Gasteiger partial charge in [0.25, 0.3) is 6.47 Å². The Kier molecular flexibility index (Phi) is 11.8. The molecule has 0 aliphatic rings. The van der Waals surface area contributed by atoms with Gasteiger partial charge in [0.2, 0.25) is 0 Å². The molecule has 176 valence electrons. The van der Waals surface area contributed by atoms with Gasteiger partial charge in [-0.1, -0.05) is 38.0 Å². The molecule has 0 atom stereocenters. The molecule has 0 saturated carbocycles. The fourth-order valence-corrected chi connectivity index (χ4v) is 2.96. The van der Waals surface area contributed by atoms with Crippen molar-refractivity contribution >= 4 is 18.4 Å². The van der Waals surface area contributed by atoms with E-state index in [4.69, 9.17) is 14.2 Å². The Morgan fingerprint density at radius 1 is 0.788 bits per heavy atom. The Morgan fingerprint density at radius 3 is 2.09 bits per heavy atom. The number of hydrogen-bond donors (Lipinski definition) is 0. The Labute approximate surface area is 194 Å². The van der Waals surface area contributed by atoms with E-state index in [1.54, 1.807) is 36.4 Å². The molecule has 0 radical (unpaired) electrons. The highest BCUT2D eigenvalue weighted by molar-refractivity contribution is 5.91. The van der Waals surface area contributed by atoms with Crippen molar-refractivity contribution in [3.05, 3.63) is 72.3 Å². The van der Waals surface area contributed by atoms with Crippen LogP contribution in [0.4, 0.5) is 0 Å². The molecule has 0 heterocycles. The topological polar surface area (TPSA) is 88.1 Å². The number of rotatable bonds is 16. The number of carbonyl (C=O) groups excluding carboxylic acids is 3. The lowest BCUT2D eigenvalue weighted by molar-refractivity contribution is -0.137.